The number of anilines is 1. The van der Waals surface area contributed by atoms with Crippen molar-refractivity contribution in [3.05, 3.63) is 77.8 Å². The predicted octanol–water partition coefficient (Wildman–Crippen LogP) is 3.93. The number of aromatic nitrogens is 2. The number of benzene rings is 1. The third kappa shape index (κ3) is 6.78. The van der Waals surface area contributed by atoms with Crippen LogP contribution in [0, 0.1) is 6.92 Å². The van der Waals surface area contributed by atoms with Crippen LogP contribution in [0.3, 0.4) is 0 Å². The molecule has 0 bridgehead atoms. The third-order valence-corrected chi connectivity index (χ3v) is 6.26. The number of nitrogens with zero attached hydrogens (tertiary/aromatic N) is 3. The number of carbonyl (C=O) groups excluding carboxylic acids is 3. The first-order valence-electron chi connectivity index (χ1n) is 12.3. The van der Waals surface area contributed by atoms with E-state index < -0.39 is 6.04 Å². The monoisotopic (exact) mass is 489 g/mol. The summed E-state index contributed by atoms with van der Waals surface area (Å²) in [5, 5.41) is 9.54. The Balaban J connectivity index is 1.55. The first-order valence-corrected chi connectivity index (χ1v) is 12.3. The van der Waals surface area contributed by atoms with Gasteiger partial charge in [-0.3, -0.25) is 19.4 Å². The van der Waals surface area contributed by atoms with Gasteiger partial charge in [0.05, 0.1) is 0 Å². The molecule has 0 aliphatic heterocycles. The van der Waals surface area contributed by atoms with Gasteiger partial charge in [0, 0.05) is 43.9 Å². The molecule has 2 aromatic heterocycles. The number of hydrogen-bond acceptors (Lipinski definition) is 6. The van der Waals surface area contributed by atoms with Gasteiger partial charge in [0.15, 0.2) is 5.82 Å². The Kier molecular flexibility index (Phi) is 8.44. The number of pyridine rings is 1. The largest absolute Gasteiger partial charge is 0.360 e. The maximum atomic E-state index is 13.6. The number of aryl methyl sites for hydroxylation is 1. The van der Waals surface area contributed by atoms with Crippen LogP contribution in [-0.4, -0.2) is 38.8 Å². The normalized spacial score (nSPS) is 14.2. The fourth-order valence-electron chi connectivity index (χ4n) is 4.47. The highest BCUT2D eigenvalue weighted by Crippen LogP contribution is 2.26. The number of carbonyl (C=O) groups is 3. The summed E-state index contributed by atoms with van der Waals surface area (Å²) in [4.78, 5) is 45.3. The zero-order valence-corrected chi connectivity index (χ0v) is 20.4. The molecule has 188 valence electrons. The molecule has 2 N–H and O–H groups in total. The van der Waals surface area contributed by atoms with Crippen LogP contribution in [0.1, 0.15) is 61.5 Å². The van der Waals surface area contributed by atoms with Gasteiger partial charge in [0.1, 0.15) is 11.8 Å². The van der Waals surface area contributed by atoms with Crippen molar-refractivity contribution in [3.8, 4) is 0 Å². The maximum Gasteiger partial charge on any atom is 0.247 e. The van der Waals surface area contributed by atoms with E-state index in [1.54, 1.807) is 42.4 Å². The molecule has 0 saturated heterocycles. The van der Waals surface area contributed by atoms with Gasteiger partial charge in [-0.15, -0.1) is 0 Å². The van der Waals surface area contributed by atoms with E-state index in [1.165, 1.54) is 0 Å². The van der Waals surface area contributed by atoms with Gasteiger partial charge < -0.3 is 20.1 Å². The van der Waals surface area contributed by atoms with Crippen LogP contribution in [0.25, 0.3) is 0 Å². The highest BCUT2D eigenvalue weighted by atomic mass is 16.5. The van der Waals surface area contributed by atoms with Crippen molar-refractivity contribution in [2.24, 2.45) is 0 Å². The van der Waals surface area contributed by atoms with Crippen molar-refractivity contribution in [2.45, 2.75) is 64.1 Å². The summed E-state index contributed by atoms with van der Waals surface area (Å²) in [6.45, 7) is 1.96. The Morgan fingerprint density at radius 3 is 2.44 bits per heavy atom. The number of hydrogen-bond donors (Lipinski definition) is 2. The van der Waals surface area contributed by atoms with E-state index in [4.69, 9.17) is 4.52 Å². The van der Waals surface area contributed by atoms with E-state index in [9.17, 15) is 14.4 Å². The lowest BCUT2D eigenvalue weighted by molar-refractivity contribution is -0.142. The van der Waals surface area contributed by atoms with Crippen LogP contribution >= 0.6 is 0 Å². The lowest BCUT2D eigenvalue weighted by Gasteiger charge is -2.32. The molecule has 36 heavy (non-hydrogen) atoms. The Labute approximate surface area is 210 Å². The van der Waals surface area contributed by atoms with Gasteiger partial charge >= 0.3 is 0 Å². The van der Waals surface area contributed by atoms with E-state index in [2.05, 4.69) is 20.8 Å². The summed E-state index contributed by atoms with van der Waals surface area (Å²) >= 11 is 0. The first kappa shape index (κ1) is 25.1. The molecular formula is C27H31N5O4. The minimum Gasteiger partial charge on any atom is -0.360 e. The molecule has 1 aliphatic rings. The second kappa shape index (κ2) is 12.1. The Bertz CT molecular complexity index is 1160. The fraction of sp³-hybridized carbons (Fsp3) is 0.370. The van der Waals surface area contributed by atoms with Gasteiger partial charge in [-0.2, -0.15) is 0 Å². The minimum atomic E-state index is -0.845. The summed E-state index contributed by atoms with van der Waals surface area (Å²) in [6, 6.07) is 13.9. The molecule has 2 heterocycles. The highest BCUT2D eigenvalue weighted by molar-refractivity contribution is 5.94. The molecular weight excluding hydrogens is 458 g/mol. The van der Waals surface area contributed by atoms with Crippen LogP contribution in [0.5, 0.6) is 0 Å². The number of rotatable bonds is 10. The molecule has 9 nitrogen and oxygen atoms in total. The molecule has 1 aromatic carbocycles. The predicted molar refractivity (Wildman–Crippen MR) is 133 cm³/mol. The number of amides is 3. The molecule has 3 aromatic rings. The van der Waals surface area contributed by atoms with Crippen LogP contribution in [0.2, 0.25) is 0 Å². The second-order valence-corrected chi connectivity index (χ2v) is 9.05. The summed E-state index contributed by atoms with van der Waals surface area (Å²) in [5.41, 5.74) is 1.56. The van der Waals surface area contributed by atoms with E-state index >= 15 is 0 Å². The molecule has 0 spiro atoms. The molecule has 1 fully saturated rings. The quantitative estimate of drug-likeness (QED) is 0.446. The van der Waals surface area contributed by atoms with E-state index in [-0.39, 0.29) is 43.1 Å². The zero-order valence-electron chi connectivity index (χ0n) is 20.4. The zero-order chi connectivity index (χ0) is 25.3. The molecule has 4 rings (SSSR count). The summed E-state index contributed by atoms with van der Waals surface area (Å²) in [5.74, 6) is 0.00128. The van der Waals surface area contributed by atoms with Gasteiger partial charge in [0.2, 0.25) is 17.7 Å². The molecule has 9 heteroatoms. The first-order chi connectivity index (χ1) is 17.5. The molecule has 1 aliphatic carbocycles. The van der Waals surface area contributed by atoms with Gasteiger partial charge in [0.25, 0.3) is 0 Å². The lowest BCUT2D eigenvalue weighted by atomic mass is 10.0. The van der Waals surface area contributed by atoms with Crippen molar-refractivity contribution >= 4 is 23.5 Å². The number of nitrogens with one attached hydrogen (secondary N) is 2. The third-order valence-electron chi connectivity index (χ3n) is 6.26. The second-order valence-electron chi connectivity index (χ2n) is 9.05. The molecule has 3 amide bonds. The summed E-state index contributed by atoms with van der Waals surface area (Å²) in [7, 11) is 0. The van der Waals surface area contributed by atoms with Gasteiger partial charge in [-0.05, 0) is 43.0 Å². The molecule has 1 saturated carbocycles. The highest BCUT2D eigenvalue weighted by Gasteiger charge is 2.33. The van der Waals surface area contributed by atoms with Gasteiger partial charge in [-0.25, -0.2) is 0 Å². The Morgan fingerprint density at radius 2 is 1.78 bits per heavy atom. The van der Waals surface area contributed by atoms with Crippen LogP contribution in [0.15, 0.2) is 65.4 Å². The van der Waals surface area contributed by atoms with Crippen LogP contribution in [0.4, 0.5) is 5.82 Å². The molecule has 1 atom stereocenters. The average Bonchev–Trinajstić information content (AvgIpc) is 3.55. The van der Waals surface area contributed by atoms with Gasteiger partial charge in [-0.1, -0.05) is 48.3 Å². The van der Waals surface area contributed by atoms with Crippen molar-refractivity contribution in [2.75, 3.05) is 5.32 Å². The van der Waals surface area contributed by atoms with Crippen LogP contribution < -0.4 is 10.6 Å². The van der Waals surface area contributed by atoms with Crippen molar-refractivity contribution < 1.29 is 18.9 Å². The average molecular weight is 490 g/mol. The van der Waals surface area contributed by atoms with E-state index in [0.29, 0.717) is 17.1 Å². The maximum absolute atomic E-state index is 13.6. The lowest BCUT2D eigenvalue weighted by Crippen LogP contribution is -2.46. The van der Waals surface area contributed by atoms with Crippen molar-refractivity contribution in [1.82, 2.24) is 20.4 Å². The van der Waals surface area contributed by atoms with E-state index in [1.807, 2.05) is 30.3 Å². The standard InChI is InChI=1S/C27H31N5O4/c1-19-17-23(31-36-19)30-24(33)11-12-25(34)32(18-20-7-3-2-4-8-20)26(21-13-15-28-16-14-21)27(35)29-22-9-5-6-10-22/h2-4,7-8,13-17,22,26H,5-6,9-12,18H2,1H3,(H,29,35)(H,30,31,33)/t26-/m1/s1. The Hall–Kier alpha value is -4.01. The molecule has 0 unspecified atom stereocenters. The van der Waals surface area contributed by atoms with Crippen LogP contribution in [-0.2, 0) is 20.9 Å². The van der Waals surface area contributed by atoms with Crippen molar-refractivity contribution in [3.63, 3.8) is 0 Å². The topological polar surface area (TPSA) is 117 Å². The summed E-state index contributed by atoms with van der Waals surface area (Å²) < 4.78 is 4.97. The minimum absolute atomic E-state index is 0.0522. The summed E-state index contributed by atoms with van der Waals surface area (Å²) in [6.07, 6.45) is 7.15. The smallest absolute Gasteiger partial charge is 0.247 e. The Morgan fingerprint density at radius 1 is 1.06 bits per heavy atom. The van der Waals surface area contributed by atoms with Crippen molar-refractivity contribution in [1.29, 1.82) is 0 Å². The van der Waals surface area contributed by atoms with E-state index in [0.717, 1.165) is 31.2 Å². The fourth-order valence-corrected chi connectivity index (χ4v) is 4.47. The SMILES string of the molecule is Cc1cc(NC(=O)CCC(=O)N(Cc2ccccc2)[C@@H](C(=O)NC2CCCC2)c2ccncc2)no1. The molecule has 0 radical (unpaired) electrons.